The highest BCUT2D eigenvalue weighted by molar-refractivity contribution is 5.89. The van der Waals surface area contributed by atoms with Gasteiger partial charge < -0.3 is 72.6 Å². The number of rotatable bonds is 9. The van der Waals surface area contributed by atoms with Gasteiger partial charge in [-0.15, -0.1) is 0 Å². The fourth-order valence-corrected chi connectivity index (χ4v) is 2.29. The Morgan fingerprint density at radius 2 is 1.28 bits per heavy atom. The van der Waals surface area contributed by atoms with Crippen LogP contribution in [0.5, 0.6) is 0 Å². The van der Waals surface area contributed by atoms with Crippen molar-refractivity contribution in [3.63, 3.8) is 0 Å². The summed E-state index contributed by atoms with van der Waals surface area (Å²) in [6, 6.07) is -0.820. The summed E-state index contributed by atoms with van der Waals surface area (Å²) in [7, 11) is 0. The van der Waals surface area contributed by atoms with E-state index in [9.17, 15) is 14.4 Å². The molecule has 18 nitrogen and oxygen atoms in total. The van der Waals surface area contributed by atoms with E-state index in [1.807, 2.05) is 0 Å². The molecular weight excluding hydrogens is 496 g/mol. The number of aliphatic imine (C=N–C) groups is 1. The molecule has 0 fully saturated rings. The van der Waals surface area contributed by atoms with E-state index in [0.717, 1.165) is 0 Å². The maximum atomic E-state index is 10.5. The Morgan fingerprint density at radius 3 is 1.53 bits per heavy atom. The minimum atomic E-state index is -1.42. The zero-order valence-corrected chi connectivity index (χ0v) is 18.7. The molecule has 2 heterocycles. The number of hydrogen-bond acceptors (Lipinski definition) is 15. The zero-order valence-electron chi connectivity index (χ0n) is 18.7. The van der Waals surface area contributed by atoms with Gasteiger partial charge in [0.15, 0.2) is 29.7 Å². The SMILES string of the molecule is NC(N)=NCCC[C@H](N)C(=O)O.O=C1O[C@H]([C@@H](O)CO)C(O)=C1O.O=C1O[C@H]([C@@H](O)CO)C(O)=C1O. The number of esters is 2. The molecule has 206 valence electrons. The Hall–Kier alpha value is -3.84. The summed E-state index contributed by atoms with van der Waals surface area (Å²) >= 11 is 0. The van der Waals surface area contributed by atoms with Crippen molar-refractivity contribution in [2.24, 2.45) is 22.2 Å². The summed E-state index contributed by atoms with van der Waals surface area (Å²) in [4.78, 5) is 35.0. The van der Waals surface area contributed by atoms with Gasteiger partial charge in [-0.05, 0) is 12.8 Å². The number of carboxylic acids is 1. The summed E-state index contributed by atoms with van der Waals surface area (Å²) in [6.07, 6.45) is -4.60. The molecule has 0 spiro atoms. The highest BCUT2D eigenvalue weighted by Gasteiger charge is 2.39. The van der Waals surface area contributed by atoms with Crippen LogP contribution >= 0.6 is 0 Å². The van der Waals surface area contributed by atoms with E-state index < -0.39 is 84.6 Å². The molecule has 0 saturated heterocycles. The number of guanidine groups is 1. The number of aliphatic hydroxyl groups is 8. The Bertz CT molecular complexity index is 820. The number of nitrogens with two attached hydrogens (primary N) is 3. The summed E-state index contributed by atoms with van der Waals surface area (Å²) < 4.78 is 8.63. The molecule has 2 rings (SSSR count). The standard InChI is InChI=1S/C6H14N4O2.2C6H8O6/c7-4(5(11)12)2-1-3-10-6(8)9;2*7-1-2(8)5-3(9)4(10)6(11)12-5/h4H,1-3,7H2,(H,11,12)(H4,8,9,10);2*2,5,7-10H,1H2/t4-;2*2-,5+/m000/s1. The van der Waals surface area contributed by atoms with Crippen molar-refractivity contribution in [2.45, 2.75) is 43.3 Å². The molecule has 0 bridgehead atoms. The lowest BCUT2D eigenvalue weighted by Crippen LogP contribution is -2.31. The van der Waals surface area contributed by atoms with Gasteiger partial charge in [0.25, 0.3) is 0 Å². The largest absolute Gasteiger partial charge is 0.505 e. The van der Waals surface area contributed by atoms with Crippen molar-refractivity contribution in [2.75, 3.05) is 19.8 Å². The summed E-state index contributed by atoms with van der Waals surface area (Å²) in [5, 5.41) is 78.5. The Morgan fingerprint density at radius 1 is 0.889 bits per heavy atom. The number of nitrogens with zero attached hydrogens (tertiary/aromatic N) is 1. The number of ether oxygens (including phenoxy) is 2. The van der Waals surface area contributed by atoms with E-state index >= 15 is 0 Å². The fraction of sp³-hybridized carbons (Fsp3) is 0.556. The summed E-state index contributed by atoms with van der Waals surface area (Å²) in [5.74, 6) is -6.54. The van der Waals surface area contributed by atoms with E-state index in [2.05, 4.69) is 14.5 Å². The third kappa shape index (κ3) is 9.80. The molecule has 0 saturated carbocycles. The maximum absolute atomic E-state index is 10.5. The van der Waals surface area contributed by atoms with Crippen LogP contribution in [0.25, 0.3) is 0 Å². The number of aliphatic carboxylic acids is 1. The van der Waals surface area contributed by atoms with E-state index in [0.29, 0.717) is 19.4 Å². The molecule has 0 aromatic carbocycles. The van der Waals surface area contributed by atoms with Crippen molar-refractivity contribution < 1.29 is 69.8 Å². The number of aliphatic hydroxyl groups excluding tert-OH is 8. The first-order valence-electron chi connectivity index (χ1n) is 9.97. The molecule has 15 N–H and O–H groups in total. The van der Waals surface area contributed by atoms with Crippen LogP contribution in [0.15, 0.2) is 28.0 Å². The molecule has 36 heavy (non-hydrogen) atoms. The summed E-state index contributed by atoms with van der Waals surface area (Å²) in [5.41, 5.74) is 15.3. The monoisotopic (exact) mass is 526 g/mol. The van der Waals surface area contributed by atoms with Crippen LogP contribution in [0.3, 0.4) is 0 Å². The predicted molar refractivity (Wildman–Crippen MR) is 116 cm³/mol. The van der Waals surface area contributed by atoms with Gasteiger partial charge in [-0.2, -0.15) is 0 Å². The van der Waals surface area contributed by atoms with Crippen molar-refractivity contribution in [1.29, 1.82) is 0 Å². The molecule has 18 heteroatoms. The third-order valence-electron chi connectivity index (χ3n) is 4.24. The third-order valence-corrected chi connectivity index (χ3v) is 4.24. The van der Waals surface area contributed by atoms with Crippen molar-refractivity contribution in [3.05, 3.63) is 23.0 Å². The van der Waals surface area contributed by atoms with Crippen LogP contribution < -0.4 is 17.2 Å². The predicted octanol–water partition coefficient (Wildman–Crippen LogP) is -4.36. The molecule has 0 aliphatic carbocycles. The van der Waals surface area contributed by atoms with Crippen LogP contribution in [0, 0.1) is 0 Å². The van der Waals surface area contributed by atoms with Gasteiger partial charge in [0.1, 0.15) is 18.2 Å². The average molecular weight is 526 g/mol. The van der Waals surface area contributed by atoms with Crippen LogP contribution in [-0.4, -0.2) is 120 Å². The smallest absolute Gasteiger partial charge is 0.377 e. The van der Waals surface area contributed by atoms with Crippen LogP contribution in [0.2, 0.25) is 0 Å². The van der Waals surface area contributed by atoms with Gasteiger partial charge in [-0.1, -0.05) is 0 Å². The number of carbonyl (C=O) groups is 3. The van der Waals surface area contributed by atoms with Crippen LogP contribution in [0.4, 0.5) is 0 Å². The van der Waals surface area contributed by atoms with Crippen molar-refractivity contribution >= 4 is 23.9 Å². The molecule has 2 aliphatic heterocycles. The second-order valence-electron chi connectivity index (χ2n) is 7.01. The lowest BCUT2D eigenvalue weighted by molar-refractivity contribution is -0.148. The molecule has 0 aromatic heterocycles. The number of carboxylic acid groups (broad SMARTS) is 1. The first-order chi connectivity index (χ1) is 16.7. The first-order valence-corrected chi connectivity index (χ1v) is 9.97. The topological polar surface area (TPSA) is 342 Å². The first kappa shape index (κ1) is 32.2. The Labute approximate surface area is 202 Å². The van der Waals surface area contributed by atoms with Gasteiger partial charge in [-0.25, -0.2) is 9.59 Å². The fourth-order valence-electron chi connectivity index (χ4n) is 2.29. The molecular formula is C18H30N4O14. The van der Waals surface area contributed by atoms with Crippen LogP contribution in [-0.2, 0) is 23.9 Å². The van der Waals surface area contributed by atoms with Gasteiger partial charge in [-0.3, -0.25) is 9.79 Å². The Balaban J connectivity index is 0.000000510. The highest BCUT2D eigenvalue weighted by Crippen LogP contribution is 2.21. The highest BCUT2D eigenvalue weighted by atomic mass is 16.6. The Kier molecular flexibility index (Phi) is 13.6. The van der Waals surface area contributed by atoms with E-state index in [1.54, 1.807) is 0 Å². The molecule has 0 radical (unpaired) electrons. The van der Waals surface area contributed by atoms with Gasteiger partial charge in [0.2, 0.25) is 11.5 Å². The number of cyclic esters (lactones) is 2. The minimum Gasteiger partial charge on any atom is -0.505 e. The van der Waals surface area contributed by atoms with Crippen LogP contribution in [0.1, 0.15) is 12.8 Å². The van der Waals surface area contributed by atoms with Gasteiger partial charge in [0.05, 0.1) is 13.2 Å². The lowest BCUT2D eigenvalue weighted by Gasteiger charge is -2.13. The zero-order chi connectivity index (χ0) is 28.2. The lowest BCUT2D eigenvalue weighted by atomic mass is 10.2. The quantitative estimate of drug-likeness (QED) is 0.0584. The number of carbonyl (C=O) groups excluding carboxylic acids is 2. The number of hydrogen-bond donors (Lipinski definition) is 12. The van der Waals surface area contributed by atoms with E-state index in [4.69, 9.17) is 63.2 Å². The van der Waals surface area contributed by atoms with Gasteiger partial charge in [0, 0.05) is 6.54 Å². The van der Waals surface area contributed by atoms with Gasteiger partial charge >= 0.3 is 17.9 Å². The molecule has 5 atom stereocenters. The molecule has 0 unspecified atom stereocenters. The maximum Gasteiger partial charge on any atom is 0.377 e. The van der Waals surface area contributed by atoms with Crippen molar-refractivity contribution in [3.8, 4) is 0 Å². The van der Waals surface area contributed by atoms with E-state index in [-0.39, 0.29) is 5.96 Å². The summed E-state index contributed by atoms with van der Waals surface area (Å²) in [6.45, 7) is -0.923. The van der Waals surface area contributed by atoms with Crippen molar-refractivity contribution in [1.82, 2.24) is 0 Å². The molecule has 0 amide bonds. The molecule has 0 aromatic rings. The van der Waals surface area contributed by atoms with E-state index in [1.165, 1.54) is 0 Å². The normalized spacial score (nSPS) is 21.2. The average Bonchev–Trinajstić information content (AvgIpc) is 3.25. The second-order valence-corrected chi connectivity index (χ2v) is 7.01. The minimum absolute atomic E-state index is 0.0129. The second kappa shape index (κ2) is 15.2. The molecule has 2 aliphatic rings.